The standard InChI is InChI=1S/C21H20ClF3N6O4S3/c22-15-9-12(21(23,24)25)10-28-18(15)26-7-2-4-16(32)30-31-38(34,35)17-6-5-13(37-17)11-29-19(33)14-3-1-8-27-20(14)36/h1,3,5-6,8-10,31H,2,4,7,11H2,(H,26,28)(H,27,36)(H,29,33)(H,30,32). The number of hydrogen-bond donors (Lipinski definition) is 5. The molecule has 3 heterocycles. The van der Waals surface area contributed by atoms with Crippen molar-refractivity contribution in [2.45, 2.75) is 29.8 Å². The number of halogens is 4. The molecule has 0 radical (unpaired) electrons. The number of carbonyl (C=O) groups excluding carboxylic acids is 2. The molecule has 204 valence electrons. The Hall–Kier alpha value is -3.05. The molecule has 10 nitrogen and oxygen atoms in total. The Morgan fingerprint density at radius 1 is 1.21 bits per heavy atom. The van der Waals surface area contributed by atoms with E-state index in [2.05, 4.69) is 26.0 Å². The van der Waals surface area contributed by atoms with Crippen LogP contribution in [0.1, 0.15) is 33.6 Å². The second kappa shape index (κ2) is 12.7. The minimum atomic E-state index is -4.57. The van der Waals surface area contributed by atoms with Crippen LogP contribution in [0.5, 0.6) is 0 Å². The van der Waals surface area contributed by atoms with Gasteiger partial charge in [-0.25, -0.2) is 13.4 Å². The summed E-state index contributed by atoms with van der Waals surface area (Å²) in [6.45, 7) is 0.214. The van der Waals surface area contributed by atoms with Crippen LogP contribution in [0.3, 0.4) is 0 Å². The van der Waals surface area contributed by atoms with Gasteiger partial charge in [-0.1, -0.05) is 23.8 Å². The van der Waals surface area contributed by atoms with Gasteiger partial charge in [-0.2, -0.15) is 13.2 Å². The minimum Gasteiger partial charge on any atom is -0.369 e. The maximum absolute atomic E-state index is 12.7. The first-order valence-electron chi connectivity index (χ1n) is 10.7. The molecule has 0 saturated heterocycles. The van der Waals surface area contributed by atoms with Crippen LogP contribution in [0.15, 0.2) is 46.9 Å². The van der Waals surface area contributed by atoms with Crippen molar-refractivity contribution in [2.75, 3.05) is 11.9 Å². The third kappa shape index (κ3) is 8.22. The van der Waals surface area contributed by atoms with Crippen molar-refractivity contribution in [1.82, 2.24) is 25.5 Å². The second-order valence-corrected chi connectivity index (χ2v) is 11.4. The highest BCUT2D eigenvalue weighted by Gasteiger charge is 2.31. The molecule has 0 aromatic carbocycles. The number of anilines is 1. The summed E-state index contributed by atoms with van der Waals surface area (Å²) >= 11 is 11.8. The lowest BCUT2D eigenvalue weighted by Gasteiger charge is -2.11. The van der Waals surface area contributed by atoms with E-state index in [-0.39, 0.29) is 51.2 Å². The molecule has 2 amide bonds. The molecule has 3 aromatic heterocycles. The Morgan fingerprint density at radius 3 is 2.66 bits per heavy atom. The zero-order chi connectivity index (χ0) is 27.9. The third-order valence-corrected chi connectivity index (χ3v) is 8.20. The highest BCUT2D eigenvalue weighted by molar-refractivity contribution is 7.91. The largest absolute Gasteiger partial charge is 0.417 e. The zero-order valence-corrected chi connectivity index (χ0v) is 22.4. The highest BCUT2D eigenvalue weighted by atomic mass is 35.5. The van der Waals surface area contributed by atoms with Gasteiger partial charge in [-0.05, 0) is 36.8 Å². The van der Waals surface area contributed by atoms with Gasteiger partial charge in [0.25, 0.3) is 15.9 Å². The van der Waals surface area contributed by atoms with E-state index in [0.717, 1.165) is 17.4 Å². The van der Waals surface area contributed by atoms with Crippen LogP contribution in [-0.4, -0.2) is 36.7 Å². The molecule has 17 heteroatoms. The smallest absolute Gasteiger partial charge is 0.369 e. The predicted octanol–water partition coefficient (Wildman–Crippen LogP) is 4.00. The fourth-order valence-electron chi connectivity index (χ4n) is 2.88. The van der Waals surface area contributed by atoms with E-state index < -0.39 is 33.6 Å². The number of rotatable bonds is 11. The summed E-state index contributed by atoms with van der Waals surface area (Å²) in [5, 5.41) is 5.15. The molecule has 3 aromatic rings. The Balaban J connectivity index is 1.42. The van der Waals surface area contributed by atoms with Crippen molar-refractivity contribution >= 4 is 62.8 Å². The summed E-state index contributed by atoms with van der Waals surface area (Å²) in [5.74, 6) is -1.02. The molecular weight excluding hydrogens is 589 g/mol. The van der Waals surface area contributed by atoms with Gasteiger partial charge in [-0.3, -0.25) is 15.0 Å². The van der Waals surface area contributed by atoms with E-state index >= 15 is 0 Å². The van der Waals surface area contributed by atoms with Crippen LogP contribution >= 0.6 is 35.2 Å². The van der Waals surface area contributed by atoms with Gasteiger partial charge < -0.3 is 15.6 Å². The third-order valence-electron chi connectivity index (χ3n) is 4.75. The Morgan fingerprint density at radius 2 is 1.97 bits per heavy atom. The van der Waals surface area contributed by atoms with Crippen molar-refractivity contribution in [2.24, 2.45) is 0 Å². The topological polar surface area (TPSA) is 145 Å². The van der Waals surface area contributed by atoms with Gasteiger partial charge in [-0.15, -0.1) is 16.2 Å². The van der Waals surface area contributed by atoms with Gasteiger partial charge in [0.05, 0.1) is 22.7 Å². The molecular formula is C21H20ClF3N6O4S3. The van der Waals surface area contributed by atoms with Crippen LogP contribution in [0.2, 0.25) is 5.02 Å². The van der Waals surface area contributed by atoms with E-state index in [9.17, 15) is 31.2 Å². The lowest BCUT2D eigenvalue weighted by atomic mass is 10.2. The lowest BCUT2D eigenvalue weighted by molar-refractivity contribution is -0.137. The van der Waals surface area contributed by atoms with Crippen molar-refractivity contribution in [3.05, 3.63) is 68.4 Å². The maximum atomic E-state index is 12.7. The van der Waals surface area contributed by atoms with Crippen LogP contribution in [-0.2, 0) is 27.5 Å². The minimum absolute atomic E-state index is 0.0251. The average Bonchev–Trinajstić information content (AvgIpc) is 3.34. The van der Waals surface area contributed by atoms with E-state index in [1.807, 2.05) is 4.83 Å². The summed E-state index contributed by atoms with van der Waals surface area (Å²) < 4.78 is 63.1. The number of hydrogen-bond acceptors (Lipinski definition) is 8. The SMILES string of the molecule is O=C(CCCNc1ncc(C(F)(F)F)cc1Cl)NNS(=O)(=O)c1ccc(CNC(=O)c2ccc[nH]c2=S)s1. The number of aromatic amines is 1. The molecule has 0 saturated carbocycles. The van der Waals surface area contributed by atoms with Crippen molar-refractivity contribution in [3.63, 3.8) is 0 Å². The number of H-pyrrole nitrogens is 1. The molecule has 0 aliphatic carbocycles. The van der Waals surface area contributed by atoms with Crippen LogP contribution < -0.4 is 20.9 Å². The maximum Gasteiger partial charge on any atom is 0.417 e. The average molecular weight is 609 g/mol. The fraction of sp³-hybridized carbons (Fsp3) is 0.238. The number of amides is 2. The molecule has 0 aliphatic rings. The van der Waals surface area contributed by atoms with Crippen molar-refractivity contribution in [1.29, 1.82) is 0 Å². The molecule has 3 rings (SSSR count). The number of pyridine rings is 2. The molecule has 5 N–H and O–H groups in total. The Kier molecular flexibility index (Phi) is 9.83. The molecule has 0 atom stereocenters. The van der Waals surface area contributed by atoms with Gasteiger partial charge in [0.1, 0.15) is 14.7 Å². The van der Waals surface area contributed by atoms with E-state index in [4.69, 9.17) is 23.8 Å². The molecule has 38 heavy (non-hydrogen) atoms. The van der Waals surface area contributed by atoms with E-state index in [1.165, 1.54) is 12.1 Å². The van der Waals surface area contributed by atoms with E-state index in [0.29, 0.717) is 11.1 Å². The summed E-state index contributed by atoms with van der Waals surface area (Å²) in [7, 11) is -4.06. The molecule has 0 aliphatic heterocycles. The van der Waals surface area contributed by atoms with Gasteiger partial charge in [0.15, 0.2) is 0 Å². The summed E-state index contributed by atoms with van der Waals surface area (Å²) in [5.41, 5.74) is 1.39. The monoisotopic (exact) mass is 608 g/mol. The van der Waals surface area contributed by atoms with Gasteiger partial charge in [0.2, 0.25) is 5.91 Å². The van der Waals surface area contributed by atoms with E-state index in [1.54, 1.807) is 18.3 Å². The molecule has 0 unspecified atom stereocenters. The zero-order valence-electron chi connectivity index (χ0n) is 19.2. The lowest BCUT2D eigenvalue weighted by Crippen LogP contribution is -2.41. The highest BCUT2D eigenvalue weighted by Crippen LogP contribution is 2.32. The second-order valence-electron chi connectivity index (χ2n) is 7.55. The number of thiophene rings is 1. The Bertz CT molecular complexity index is 1480. The number of carbonyl (C=O) groups is 2. The quantitative estimate of drug-likeness (QED) is 0.126. The van der Waals surface area contributed by atoms with Crippen LogP contribution in [0.4, 0.5) is 19.0 Å². The predicted molar refractivity (Wildman–Crippen MR) is 138 cm³/mol. The fourth-order valence-corrected chi connectivity index (χ4v) is 5.49. The summed E-state index contributed by atoms with van der Waals surface area (Å²) in [6, 6.07) is 6.78. The van der Waals surface area contributed by atoms with Gasteiger partial charge in [0, 0.05) is 30.2 Å². The number of alkyl halides is 3. The van der Waals surface area contributed by atoms with Crippen molar-refractivity contribution < 1.29 is 31.2 Å². The van der Waals surface area contributed by atoms with Crippen LogP contribution in [0.25, 0.3) is 0 Å². The molecule has 0 fully saturated rings. The number of aromatic nitrogens is 2. The van der Waals surface area contributed by atoms with Crippen molar-refractivity contribution in [3.8, 4) is 0 Å². The number of nitrogens with zero attached hydrogens (tertiary/aromatic N) is 1. The first-order valence-corrected chi connectivity index (χ1v) is 13.8. The normalized spacial score (nSPS) is 11.7. The molecule has 0 spiro atoms. The summed E-state index contributed by atoms with van der Waals surface area (Å²) in [4.78, 5) is 33.2. The first-order chi connectivity index (χ1) is 17.9. The Labute approximate surface area is 229 Å². The number of hydrazine groups is 1. The number of nitrogens with one attached hydrogen (secondary N) is 5. The van der Waals surface area contributed by atoms with Crippen LogP contribution in [0, 0.1) is 4.64 Å². The first kappa shape index (κ1) is 29.5. The molecule has 0 bridgehead atoms. The van der Waals surface area contributed by atoms with Gasteiger partial charge >= 0.3 is 6.18 Å². The number of sulfonamides is 1. The summed E-state index contributed by atoms with van der Waals surface area (Å²) in [6.07, 6.45) is -2.23.